The lowest BCUT2D eigenvalue weighted by Gasteiger charge is -2.29. The van der Waals surface area contributed by atoms with Crippen molar-refractivity contribution in [3.63, 3.8) is 0 Å². The Labute approximate surface area is 165 Å². The fourth-order valence-corrected chi connectivity index (χ4v) is 4.35. The van der Waals surface area contributed by atoms with Crippen molar-refractivity contribution >= 4 is 39.1 Å². The van der Waals surface area contributed by atoms with E-state index in [1.807, 2.05) is 29.6 Å². The van der Waals surface area contributed by atoms with Gasteiger partial charge < -0.3 is 10.6 Å². The monoisotopic (exact) mass is 435 g/mol. The molecule has 1 fully saturated rings. The first-order valence-electron chi connectivity index (χ1n) is 8.82. The molecule has 2 N–H and O–H groups in total. The molecule has 0 saturated heterocycles. The Hall–Kier alpha value is -1.73. The van der Waals surface area contributed by atoms with Gasteiger partial charge in [-0.25, -0.2) is 4.98 Å². The maximum Gasteiger partial charge on any atom is 0.280 e. The van der Waals surface area contributed by atoms with Crippen LogP contribution in [0.3, 0.4) is 0 Å². The summed E-state index contributed by atoms with van der Waals surface area (Å²) in [6, 6.07) is 7.30. The number of hydrogen-bond donors (Lipinski definition) is 2. The molecule has 1 aromatic heterocycles. The second kappa shape index (κ2) is 8.77. The largest absolute Gasteiger partial charge is 0.357 e. The maximum atomic E-state index is 12.7. The van der Waals surface area contributed by atoms with Gasteiger partial charge in [-0.15, -0.1) is 11.3 Å². The molecule has 1 aliphatic carbocycles. The second-order valence-electron chi connectivity index (χ2n) is 6.51. The van der Waals surface area contributed by atoms with Crippen molar-refractivity contribution in [3.05, 3.63) is 39.1 Å². The van der Waals surface area contributed by atoms with Gasteiger partial charge in [0, 0.05) is 22.5 Å². The lowest BCUT2D eigenvalue weighted by molar-refractivity contribution is -0.124. The molecule has 138 valence electrons. The summed E-state index contributed by atoms with van der Waals surface area (Å²) in [4.78, 5) is 29.4. The number of carbonyl (C=O) groups excluding carboxylic acids is 2. The molecule has 7 heteroatoms. The number of aromatic nitrogens is 1. The number of halogens is 1. The molecule has 5 nitrogen and oxygen atoms in total. The van der Waals surface area contributed by atoms with Gasteiger partial charge in [-0.2, -0.15) is 0 Å². The van der Waals surface area contributed by atoms with Crippen LogP contribution < -0.4 is 10.6 Å². The third kappa shape index (κ3) is 4.51. The first-order chi connectivity index (χ1) is 12.6. The summed E-state index contributed by atoms with van der Waals surface area (Å²) in [5.74, 6) is -0.217. The minimum Gasteiger partial charge on any atom is -0.357 e. The van der Waals surface area contributed by atoms with E-state index in [0.717, 1.165) is 41.4 Å². The minimum absolute atomic E-state index is 0.130. The zero-order chi connectivity index (χ0) is 18.5. The molecule has 0 aliphatic heterocycles. The molecule has 3 rings (SSSR count). The highest BCUT2D eigenvalue weighted by molar-refractivity contribution is 9.10. The summed E-state index contributed by atoms with van der Waals surface area (Å²) in [6.07, 6.45) is 5.37. The number of thiazole rings is 1. The summed E-state index contributed by atoms with van der Waals surface area (Å²) < 4.78 is 0.996. The number of likely N-dealkylation sites (N-methyl/N-ethyl adjacent to an activating group) is 1. The number of benzene rings is 1. The summed E-state index contributed by atoms with van der Waals surface area (Å²) in [5, 5.41) is 7.85. The summed E-state index contributed by atoms with van der Waals surface area (Å²) in [7, 11) is 1.61. The molecule has 1 aliphatic rings. The Morgan fingerprint density at radius 3 is 2.54 bits per heavy atom. The van der Waals surface area contributed by atoms with Gasteiger partial charge in [-0.3, -0.25) is 9.59 Å². The molecular weight excluding hydrogens is 414 g/mol. The van der Waals surface area contributed by atoms with Crippen LogP contribution in [0.25, 0.3) is 11.3 Å². The predicted octanol–water partition coefficient (Wildman–Crippen LogP) is 4.00. The number of nitrogens with zero attached hydrogens (tertiary/aromatic N) is 1. The molecule has 1 atom stereocenters. The van der Waals surface area contributed by atoms with E-state index in [0.29, 0.717) is 5.01 Å². The molecular formula is C19H22BrN3O2S. The summed E-state index contributed by atoms with van der Waals surface area (Å²) in [5.41, 5.74) is 1.72. The highest BCUT2D eigenvalue weighted by atomic mass is 79.9. The van der Waals surface area contributed by atoms with Gasteiger partial charge in [-0.1, -0.05) is 47.3 Å². The fourth-order valence-electron chi connectivity index (χ4n) is 3.35. The van der Waals surface area contributed by atoms with E-state index in [1.54, 1.807) is 7.05 Å². The lowest BCUT2D eigenvalue weighted by Crippen LogP contribution is -2.50. The Balaban J connectivity index is 1.73. The van der Waals surface area contributed by atoms with Crippen molar-refractivity contribution in [2.45, 2.75) is 38.1 Å². The number of hydrogen-bond acceptors (Lipinski definition) is 4. The van der Waals surface area contributed by atoms with E-state index in [1.165, 1.54) is 17.8 Å². The Kier molecular flexibility index (Phi) is 6.43. The number of nitrogens with one attached hydrogen (secondary N) is 2. The molecule has 1 saturated carbocycles. The zero-order valence-electron chi connectivity index (χ0n) is 14.6. The van der Waals surface area contributed by atoms with Crippen LogP contribution in [-0.4, -0.2) is 29.9 Å². The van der Waals surface area contributed by atoms with Crippen LogP contribution in [-0.2, 0) is 4.79 Å². The SMILES string of the molecule is CNC(=O)C(NC(=O)c1nc(-c2ccc(Br)cc2)cs1)C1CCCCC1. The van der Waals surface area contributed by atoms with E-state index in [4.69, 9.17) is 0 Å². The first kappa shape index (κ1) is 19.0. The highest BCUT2D eigenvalue weighted by Crippen LogP contribution is 2.28. The zero-order valence-corrected chi connectivity index (χ0v) is 17.0. The first-order valence-corrected chi connectivity index (χ1v) is 10.5. The molecule has 0 spiro atoms. The molecule has 1 heterocycles. The van der Waals surface area contributed by atoms with Crippen LogP contribution >= 0.6 is 27.3 Å². The topological polar surface area (TPSA) is 71.1 Å². The quantitative estimate of drug-likeness (QED) is 0.745. The van der Waals surface area contributed by atoms with Crippen molar-refractivity contribution in [2.24, 2.45) is 5.92 Å². The van der Waals surface area contributed by atoms with Crippen molar-refractivity contribution in [2.75, 3.05) is 7.05 Å². The van der Waals surface area contributed by atoms with Crippen LogP contribution in [0.15, 0.2) is 34.1 Å². The molecule has 2 aromatic rings. The Morgan fingerprint density at radius 2 is 1.88 bits per heavy atom. The van der Waals surface area contributed by atoms with E-state index in [2.05, 4.69) is 31.5 Å². The minimum atomic E-state index is -0.493. The molecule has 1 unspecified atom stereocenters. The smallest absolute Gasteiger partial charge is 0.280 e. The van der Waals surface area contributed by atoms with Gasteiger partial charge in [0.05, 0.1) is 5.69 Å². The summed E-state index contributed by atoms with van der Waals surface area (Å²) in [6.45, 7) is 0. The molecule has 0 bridgehead atoms. The molecule has 0 radical (unpaired) electrons. The van der Waals surface area contributed by atoms with Gasteiger partial charge in [0.1, 0.15) is 6.04 Å². The van der Waals surface area contributed by atoms with Crippen LogP contribution in [0.4, 0.5) is 0 Å². The number of rotatable bonds is 5. The second-order valence-corrected chi connectivity index (χ2v) is 8.28. The van der Waals surface area contributed by atoms with E-state index in [-0.39, 0.29) is 17.7 Å². The van der Waals surface area contributed by atoms with Crippen LogP contribution in [0, 0.1) is 5.92 Å². The van der Waals surface area contributed by atoms with E-state index >= 15 is 0 Å². The average molecular weight is 436 g/mol. The lowest BCUT2D eigenvalue weighted by atomic mass is 9.83. The van der Waals surface area contributed by atoms with E-state index in [9.17, 15) is 9.59 Å². The fraction of sp³-hybridized carbons (Fsp3) is 0.421. The van der Waals surface area contributed by atoms with Gasteiger partial charge >= 0.3 is 0 Å². The van der Waals surface area contributed by atoms with Gasteiger partial charge in [0.2, 0.25) is 5.91 Å². The van der Waals surface area contributed by atoms with Gasteiger partial charge in [-0.05, 0) is 30.9 Å². The third-order valence-corrected chi connectivity index (χ3v) is 6.14. The van der Waals surface area contributed by atoms with Crippen molar-refractivity contribution < 1.29 is 9.59 Å². The number of amides is 2. The van der Waals surface area contributed by atoms with Gasteiger partial charge in [0.25, 0.3) is 5.91 Å². The van der Waals surface area contributed by atoms with Crippen LogP contribution in [0.5, 0.6) is 0 Å². The maximum absolute atomic E-state index is 12.7. The standard InChI is InChI=1S/C19H22BrN3O2S/c1-21-17(24)16(13-5-3-2-4-6-13)23-18(25)19-22-15(11-26-19)12-7-9-14(20)10-8-12/h7-11,13,16H,2-6H2,1H3,(H,21,24)(H,23,25). The molecule has 2 amide bonds. The van der Waals surface area contributed by atoms with Crippen LogP contribution in [0.1, 0.15) is 41.9 Å². The van der Waals surface area contributed by atoms with Crippen molar-refractivity contribution in [1.29, 1.82) is 0 Å². The van der Waals surface area contributed by atoms with Crippen molar-refractivity contribution in [1.82, 2.24) is 15.6 Å². The Bertz CT molecular complexity index is 769. The van der Waals surface area contributed by atoms with E-state index < -0.39 is 6.04 Å². The summed E-state index contributed by atoms with van der Waals surface area (Å²) >= 11 is 4.71. The van der Waals surface area contributed by atoms with Crippen LogP contribution in [0.2, 0.25) is 0 Å². The normalized spacial score (nSPS) is 16.1. The van der Waals surface area contributed by atoms with Gasteiger partial charge in [0.15, 0.2) is 5.01 Å². The van der Waals surface area contributed by atoms with Crippen molar-refractivity contribution in [3.8, 4) is 11.3 Å². The molecule has 1 aromatic carbocycles. The molecule has 26 heavy (non-hydrogen) atoms. The Morgan fingerprint density at radius 1 is 1.19 bits per heavy atom. The number of carbonyl (C=O) groups is 2. The average Bonchev–Trinajstić information content (AvgIpc) is 3.17. The third-order valence-electron chi connectivity index (χ3n) is 4.78. The predicted molar refractivity (Wildman–Crippen MR) is 107 cm³/mol. The highest BCUT2D eigenvalue weighted by Gasteiger charge is 2.31.